The Morgan fingerprint density at radius 1 is 1.33 bits per heavy atom. The van der Waals surface area contributed by atoms with Crippen LogP contribution < -0.4 is 0 Å². The van der Waals surface area contributed by atoms with Gasteiger partial charge in [-0.2, -0.15) is 9.78 Å². The molecule has 0 spiro atoms. The van der Waals surface area contributed by atoms with Crippen LogP contribution in [-0.2, 0) is 19.6 Å². The third kappa shape index (κ3) is 6.91. The summed E-state index contributed by atoms with van der Waals surface area (Å²) in [6, 6.07) is 0. The molecule has 0 aliphatic heterocycles. The molecule has 0 aliphatic rings. The van der Waals surface area contributed by atoms with Crippen LogP contribution in [0.4, 0.5) is 0 Å². The number of hydrogen-bond acceptors (Lipinski definition) is 4. The van der Waals surface area contributed by atoms with Crippen LogP contribution in [0.1, 0.15) is 0 Å². The van der Waals surface area contributed by atoms with E-state index in [1.807, 2.05) is 0 Å². The van der Waals surface area contributed by atoms with Crippen molar-refractivity contribution in [3.05, 3.63) is 25.7 Å². The van der Waals surface area contributed by atoms with Crippen LogP contribution in [0.5, 0.6) is 0 Å². The topological polar surface area (TPSA) is 36.9 Å². The smallest absolute Gasteiger partial charge is 0.344 e. The summed E-state index contributed by atoms with van der Waals surface area (Å²) < 4.78 is 0. The first-order valence-electron chi connectivity index (χ1n) is 2.12. The van der Waals surface area contributed by atoms with Gasteiger partial charge in [0.05, 0.1) is 0 Å². The maximum absolute atomic E-state index is 4.75. The lowest BCUT2D eigenvalue weighted by atomic mass is 11.2. The zero-order valence-corrected chi connectivity index (χ0v) is 4.78. The Bertz CT molecular complexity index is 71.0. The van der Waals surface area contributed by atoms with E-state index >= 15 is 0 Å². The second-order valence-electron chi connectivity index (χ2n) is 0.849. The van der Waals surface area contributed by atoms with E-state index in [1.165, 1.54) is 0 Å². The largest absolute Gasteiger partial charge is 0.358 e. The van der Waals surface area contributed by atoms with E-state index in [9.17, 15) is 0 Å². The van der Waals surface area contributed by atoms with E-state index in [-0.39, 0.29) is 6.79 Å². The summed E-state index contributed by atoms with van der Waals surface area (Å²) in [5.74, 6) is 0. The van der Waals surface area contributed by atoms with Gasteiger partial charge in [-0.15, -0.1) is 0 Å². The van der Waals surface area contributed by atoms with Crippen molar-refractivity contribution in [2.24, 2.45) is 0 Å². The van der Waals surface area contributed by atoms with Crippen LogP contribution >= 0.6 is 0 Å². The molecule has 0 N–H and O–H groups in total. The second-order valence-corrected chi connectivity index (χ2v) is 0.849. The van der Waals surface area contributed by atoms with Gasteiger partial charge in [-0.3, -0.25) is 4.89 Å². The van der Waals surface area contributed by atoms with Crippen LogP contribution in [0, 0.1) is 6.58 Å². The molecule has 0 saturated heterocycles. The van der Waals surface area contributed by atoms with E-state index in [4.69, 9.17) is 6.58 Å². The highest BCUT2D eigenvalue weighted by Crippen LogP contribution is 1.81. The molecule has 0 saturated carbocycles. The fraction of sp³-hybridized carbons (Fsp3) is 0.200. The minimum atomic E-state index is -0.167. The average molecular weight is 131 g/mol. The van der Waals surface area contributed by atoms with Crippen molar-refractivity contribution in [3.8, 4) is 0 Å². The Morgan fingerprint density at radius 3 is 2.56 bits per heavy atom. The van der Waals surface area contributed by atoms with Gasteiger partial charge in [-0.05, 0) is 0 Å². The van der Waals surface area contributed by atoms with Crippen molar-refractivity contribution in [1.29, 1.82) is 0 Å². The second kappa shape index (κ2) is 6.91. The molecule has 4 nitrogen and oxygen atoms in total. The molecule has 0 aromatic rings. The fourth-order valence-electron chi connectivity index (χ4n) is 0.163. The lowest BCUT2D eigenvalue weighted by Gasteiger charge is -1.96. The van der Waals surface area contributed by atoms with Crippen molar-refractivity contribution in [3.63, 3.8) is 0 Å². The molecule has 0 aliphatic carbocycles. The molecular weight excluding hydrogens is 124 g/mol. The predicted octanol–water partition coefficient (Wildman–Crippen LogP) is 0.930. The molecule has 4 heteroatoms. The zero-order valence-electron chi connectivity index (χ0n) is 4.78. The van der Waals surface area contributed by atoms with Gasteiger partial charge in [0, 0.05) is 0 Å². The van der Waals surface area contributed by atoms with Gasteiger partial charge >= 0.3 is 6.26 Å². The molecular formula is C5H7O4+. The highest BCUT2D eigenvalue weighted by atomic mass is 17.3. The summed E-state index contributed by atoms with van der Waals surface area (Å²) in [6.45, 7) is 7.79. The molecule has 0 atom stereocenters. The number of rotatable bonds is 6. The van der Waals surface area contributed by atoms with E-state index in [0.717, 1.165) is 12.5 Å². The van der Waals surface area contributed by atoms with Gasteiger partial charge in [-0.1, -0.05) is 6.58 Å². The Hall–Kier alpha value is -1.09. The van der Waals surface area contributed by atoms with E-state index in [2.05, 4.69) is 26.1 Å². The molecule has 50 valence electrons. The maximum atomic E-state index is 4.75. The Kier molecular flexibility index (Phi) is 6.07. The average Bonchev–Trinajstić information content (AvgIpc) is 1.89. The van der Waals surface area contributed by atoms with Gasteiger partial charge < -0.3 is 4.89 Å². The molecule has 0 unspecified atom stereocenters. The monoisotopic (exact) mass is 131 g/mol. The summed E-state index contributed by atoms with van der Waals surface area (Å²) >= 11 is 0. The zero-order chi connectivity index (χ0) is 6.95. The minimum absolute atomic E-state index is 0.167. The fourth-order valence-corrected chi connectivity index (χ4v) is 0.163. The van der Waals surface area contributed by atoms with Gasteiger partial charge in [0.25, 0.3) is 6.58 Å². The molecule has 0 aromatic carbocycles. The predicted molar refractivity (Wildman–Crippen MR) is 28.3 cm³/mol. The molecule has 0 amide bonds. The van der Waals surface area contributed by atoms with Gasteiger partial charge in [0.2, 0.25) is 6.79 Å². The highest BCUT2D eigenvalue weighted by Gasteiger charge is 1.84. The summed E-state index contributed by atoms with van der Waals surface area (Å²) in [4.78, 5) is 16.7. The van der Waals surface area contributed by atoms with Gasteiger partial charge in [0.1, 0.15) is 6.26 Å². The Morgan fingerprint density at radius 2 is 2.00 bits per heavy atom. The van der Waals surface area contributed by atoms with Crippen LogP contribution in [0.25, 0.3) is 0 Å². The SMILES string of the molecule is [CH+]=COOCOOC=C. The minimum Gasteiger partial charge on any atom is -0.344 e. The van der Waals surface area contributed by atoms with Crippen molar-refractivity contribution in [1.82, 2.24) is 0 Å². The lowest BCUT2D eigenvalue weighted by Crippen LogP contribution is -1.95. The molecule has 0 heterocycles. The van der Waals surface area contributed by atoms with E-state index < -0.39 is 0 Å². The molecule has 9 heavy (non-hydrogen) atoms. The normalized spacial score (nSPS) is 7.89. The molecule has 0 rings (SSSR count). The van der Waals surface area contributed by atoms with Crippen LogP contribution in [0.2, 0.25) is 0 Å². The summed E-state index contributed by atoms with van der Waals surface area (Å²) in [5, 5.41) is 0. The van der Waals surface area contributed by atoms with Crippen LogP contribution in [-0.4, -0.2) is 6.79 Å². The molecule has 0 aromatic heterocycles. The van der Waals surface area contributed by atoms with Crippen molar-refractivity contribution < 1.29 is 19.6 Å². The van der Waals surface area contributed by atoms with Crippen molar-refractivity contribution in [2.45, 2.75) is 0 Å². The first-order valence-corrected chi connectivity index (χ1v) is 2.12. The van der Waals surface area contributed by atoms with E-state index in [0.29, 0.717) is 0 Å². The standard InChI is InChI=1S/C5H7O4/c1-3-6-8-5-9-7-4-2/h1,3-4H,2,5H2/q+1. The van der Waals surface area contributed by atoms with Crippen molar-refractivity contribution in [2.75, 3.05) is 6.79 Å². The number of hydrogen-bond donors (Lipinski definition) is 0. The van der Waals surface area contributed by atoms with Gasteiger partial charge in [-0.25, -0.2) is 0 Å². The summed E-state index contributed by atoms with van der Waals surface area (Å²) in [7, 11) is 0. The summed E-state index contributed by atoms with van der Waals surface area (Å²) in [6.07, 6.45) is 1.98. The molecule has 0 fully saturated rings. The molecule has 0 radical (unpaired) electrons. The summed E-state index contributed by atoms with van der Waals surface area (Å²) in [5.41, 5.74) is 0. The highest BCUT2D eigenvalue weighted by molar-refractivity contribution is 4.41. The molecule has 0 bridgehead atoms. The van der Waals surface area contributed by atoms with E-state index in [1.54, 1.807) is 0 Å². The van der Waals surface area contributed by atoms with Crippen LogP contribution in [0.3, 0.4) is 0 Å². The van der Waals surface area contributed by atoms with Gasteiger partial charge in [0.15, 0.2) is 0 Å². The van der Waals surface area contributed by atoms with Crippen molar-refractivity contribution >= 4 is 0 Å². The van der Waals surface area contributed by atoms with Crippen LogP contribution in [0.15, 0.2) is 19.1 Å². The first-order chi connectivity index (χ1) is 4.41. The Labute approximate surface area is 53.1 Å². The maximum Gasteiger partial charge on any atom is 0.358 e. The first kappa shape index (κ1) is 7.91. The third-order valence-corrected chi connectivity index (χ3v) is 0.356. The Balaban J connectivity index is 2.74. The lowest BCUT2D eigenvalue weighted by molar-refractivity contribution is -0.383. The quantitative estimate of drug-likeness (QED) is 0.134. The third-order valence-electron chi connectivity index (χ3n) is 0.356.